The highest BCUT2D eigenvalue weighted by atomic mass is 32.1. The molecule has 1 unspecified atom stereocenters. The van der Waals surface area contributed by atoms with Crippen LogP contribution in [0, 0.1) is 0 Å². The Labute approximate surface area is 183 Å². The van der Waals surface area contributed by atoms with E-state index in [0.29, 0.717) is 30.0 Å². The number of rotatable bonds is 7. The minimum Gasteiger partial charge on any atom is -0.310 e. The molecule has 158 valence electrons. The van der Waals surface area contributed by atoms with E-state index in [1.807, 2.05) is 61.7 Å². The third kappa shape index (κ3) is 4.49. The van der Waals surface area contributed by atoms with Crippen LogP contribution < -0.4 is 10.9 Å². The van der Waals surface area contributed by atoms with Gasteiger partial charge in [0.25, 0.3) is 5.56 Å². The molecule has 7 nitrogen and oxygen atoms in total. The van der Waals surface area contributed by atoms with Crippen molar-refractivity contribution in [3.05, 3.63) is 81.6 Å². The van der Waals surface area contributed by atoms with Crippen molar-refractivity contribution >= 4 is 23.1 Å². The van der Waals surface area contributed by atoms with Crippen molar-refractivity contribution in [2.45, 2.75) is 32.6 Å². The third-order valence-electron chi connectivity index (χ3n) is 5.01. The van der Waals surface area contributed by atoms with Gasteiger partial charge in [-0.2, -0.15) is 9.78 Å². The maximum atomic E-state index is 13.2. The van der Waals surface area contributed by atoms with Crippen LogP contribution in [-0.2, 0) is 11.2 Å². The molecule has 0 saturated heterocycles. The average Bonchev–Trinajstić information content (AvgIpc) is 3.44. The van der Waals surface area contributed by atoms with Crippen molar-refractivity contribution in [1.29, 1.82) is 0 Å². The fourth-order valence-electron chi connectivity index (χ4n) is 3.42. The molecule has 4 aromatic rings. The van der Waals surface area contributed by atoms with Gasteiger partial charge in [0.15, 0.2) is 0 Å². The maximum Gasteiger partial charge on any atom is 0.252 e. The van der Waals surface area contributed by atoms with E-state index in [4.69, 9.17) is 0 Å². The predicted molar refractivity (Wildman–Crippen MR) is 123 cm³/mol. The van der Waals surface area contributed by atoms with Crippen LogP contribution in [0.15, 0.2) is 64.8 Å². The highest BCUT2D eigenvalue weighted by Crippen LogP contribution is 2.28. The number of nitrogens with zero attached hydrogens (tertiary/aromatic N) is 3. The molecule has 1 amide bonds. The molecule has 0 aliphatic carbocycles. The first-order chi connectivity index (χ1) is 15.1. The first-order valence-electron chi connectivity index (χ1n) is 10.2. The number of H-pyrrole nitrogens is 1. The van der Waals surface area contributed by atoms with Crippen LogP contribution >= 0.6 is 11.3 Å². The summed E-state index contributed by atoms with van der Waals surface area (Å²) in [5.74, 6) is 0.291. The van der Waals surface area contributed by atoms with Gasteiger partial charge in [-0.15, -0.1) is 11.3 Å². The van der Waals surface area contributed by atoms with Crippen molar-refractivity contribution < 1.29 is 4.79 Å². The Kier molecular flexibility index (Phi) is 6.08. The van der Waals surface area contributed by atoms with Gasteiger partial charge in [0.1, 0.15) is 11.5 Å². The number of aromatic amines is 1. The topological polar surface area (TPSA) is 92.7 Å². The van der Waals surface area contributed by atoms with Crippen molar-refractivity contribution in [2.24, 2.45) is 0 Å². The highest BCUT2D eigenvalue weighted by molar-refractivity contribution is 7.13. The van der Waals surface area contributed by atoms with Crippen molar-refractivity contribution in [3.8, 4) is 16.5 Å². The van der Waals surface area contributed by atoms with E-state index >= 15 is 0 Å². The number of carbonyl (C=O) groups excluding carboxylic acids is 1. The number of benzene rings is 1. The summed E-state index contributed by atoms with van der Waals surface area (Å²) in [6.45, 7) is 3.91. The number of nitrogens with one attached hydrogen (secondary N) is 2. The molecule has 3 aromatic heterocycles. The number of thiophene rings is 1. The van der Waals surface area contributed by atoms with Gasteiger partial charge in [-0.25, -0.2) is 4.98 Å². The first-order valence-corrected chi connectivity index (χ1v) is 11.1. The molecule has 3 heterocycles. The van der Waals surface area contributed by atoms with Gasteiger partial charge in [-0.1, -0.05) is 50.2 Å². The van der Waals surface area contributed by atoms with Gasteiger partial charge < -0.3 is 5.32 Å². The van der Waals surface area contributed by atoms with Crippen LogP contribution in [0.5, 0.6) is 0 Å². The van der Waals surface area contributed by atoms with Crippen LogP contribution in [0.4, 0.5) is 5.82 Å². The van der Waals surface area contributed by atoms with Crippen LogP contribution in [0.25, 0.3) is 16.5 Å². The molecule has 1 aromatic carbocycles. The van der Waals surface area contributed by atoms with Gasteiger partial charge in [-0.05, 0) is 29.9 Å². The monoisotopic (exact) mass is 433 g/mol. The summed E-state index contributed by atoms with van der Waals surface area (Å²) >= 11 is 1.55. The number of anilines is 1. The molecular weight excluding hydrogens is 410 g/mol. The Morgan fingerprint density at radius 2 is 1.97 bits per heavy atom. The van der Waals surface area contributed by atoms with E-state index in [1.54, 1.807) is 17.4 Å². The number of carbonyl (C=O) groups is 1. The Morgan fingerprint density at radius 3 is 2.65 bits per heavy atom. The highest BCUT2D eigenvalue weighted by Gasteiger charge is 2.22. The zero-order chi connectivity index (χ0) is 21.8. The minimum absolute atomic E-state index is 0.137. The predicted octanol–water partition coefficient (Wildman–Crippen LogP) is 4.38. The summed E-state index contributed by atoms with van der Waals surface area (Å²) in [4.78, 5) is 33.5. The van der Waals surface area contributed by atoms with E-state index in [2.05, 4.69) is 20.4 Å². The van der Waals surface area contributed by atoms with Gasteiger partial charge in [0.05, 0.1) is 10.8 Å². The Morgan fingerprint density at radius 1 is 1.16 bits per heavy atom. The summed E-state index contributed by atoms with van der Waals surface area (Å²) < 4.78 is 1.49. The summed E-state index contributed by atoms with van der Waals surface area (Å²) in [6, 6.07) is 16.9. The zero-order valence-corrected chi connectivity index (χ0v) is 18.1. The number of amides is 1. The fourth-order valence-corrected chi connectivity index (χ4v) is 4.10. The summed E-state index contributed by atoms with van der Waals surface area (Å²) in [5, 5.41) is 9.60. The molecule has 8 heteroatoms. The summed E-state index contributed by atoms with van der Waals surface area (Å²) in [6.07, 6.45) is 1.27. The van der Waals surface area contributed by atoms with Crippen molar-refractivity contribution in [2.75, 3.05) is 5.32 Å². The van der Waals surface area contributed by atoms with Crippen LogP contribution in [-0.4, -0.2) is 25.7 Å². The molecule has 0 spiro atoms. The van der Waals surface area contributed by atoms with Crippen LogP contribution in [0.3, 0.4) is 0 Å². The van der Waals surface area contributed by atoms with E-state index < -0.39 is 0 Å². The molecule has 0 aliphatic heterocycles. The lowest BCUT2D eigenvalue weighted by Crippen LogP contribution is -2.23. The van der Waals surface area contributed by atoms with E-state index in [9.17, 15) is 9.59 Å². The average molecular weight is 434 g/mol. The number of aryl methyl sites for hydroxylation is 1. The zero-order valence-electron chi connectivity index (χ0n) is 17.3. The second-order valence-corrected chi connectivity index (χ2v) is 8.03. The molecule has 0 aliphatic rings. The quantitative estimate of drug-likeness (QED) is 0.452. The summed E-state index contributed by atoms with van der Waals surface area (Å²) in [5.41, 5.74) is 2.04. The molecule has 0 fully saturated rings. The Bertz CT molecular complexity index is 1230. The van der Waals surface area contributed by atoms with Crippen LogP contribution in [0.2, 0.25) is 0 Å². The molecule has 4 rings (SSSR count). The second-order valence-electron chi connectivity index (χ2n) is 7.08. The Balaban J connectivity index is 1.75. The Hall–Kier alpha value is -3.52. The second kappa shape index (κ2) is 9.09. The minimum atomic E-state index is -0.302. The van der Waals surface area contributed by atoms with Gasteiger partial charge in [0.2, 0.25) is 11.9 Å². The lowest BCUT2D eigenvalue weighted by Gasteiger charge is -2.16. The molecule has 1 atom stereocenters. The van der Waals surface area contributed by atoms with Crippen molar-refractivity contribution in [3.63, 3.8) is 0 Å². The molecule has 0 saturated carbocycles. The largest absolute Gasteiger partial charge is 0.310 e. The maximum absolute atomic E-state index is 13.2. The van der Waals surface area contributed by atoms with Gasteiger partial charge >= 0.3 is 0 Å². The molecule has 2 N–H and O–H groups in total. The molecule has 0 bridgehead atoms. The SMILES string of the molecule is CCc1cc(=O)[nH]c(-n2nc(-c3cccs3)cc2NC(=O)C(CC)c2ccccc2)n1. The summed E-state index contributed by atoms with van der Waals surface area (Å²) in [7, 11) is 0. The molecular formula is C23H23N5O2S. The lowest BCUT2D eigenvalue weighted by atomic mass is 9.96. The lowest BCUT2D eigenvalue weighted by molar-refractivity contribution is -0.117. The van der Waals surface area contributed by atoms with E-state index in [1.165, 1.54) is 10.7 Å². The number of hydrogen-bond acceptors (Lipinski definition) is 5. The molecule has 0 radical (unpaired) electrons. The molecule has 31 heavy (non-hydrogen) atoms. The number of hydrogen-bond donors (Lipinski definition) is 2. The smallest absolute Gasteiger partial charge is 0.252 e. The van der Waals surface area contributed by atoms with E-state index in [0.717, 1.165) is 10.4 Å². The fraction of sp³-hybridized carbons (Fsp3) is 0.217. The normalized spacial score (nSPS) is 11.9. The van der Waals surface area contributed by atoms with Gasteiger partial charge in [-0.3, -0.25) is 14.6 Å². The standard InChI is InChI=1S/C23H23N5O2S/c1-3-16-13-21(29)26-23(24-16)28-20(14-18(27-28)19-11-8-12-31-19)25-22(30)17(4-2)15-9-6-5-7-10-15/h5-14,17H,3-4H2,1-2H3,(H,25,30)(H,24,26,29). The van der Waals surface area contributed by atoms with Crippen molar-refractivity contribution in [1.82, 2.24) is 19.7 Å². The van der Waals surface area contributed by atoms with Gasteiger partial charge in [0, 0.05) is 17.8 Å². The third-order valence-corrected chi connectivity index (χ3v) is 5.90. The first kappa shape index (κ1) is 20.7. The van der Waals surface area contributed by atoms with E-state index in [-0.39, 0.29) is 23.3 Å². The van der Waals surface area contributed by atoms with Crippen LogP contribution in [0.1, 0.15) is 37.4 Å². The number of aromatic nitrogens is 4.